The van der Waals surface area contributed by atoms with E-state index >= 15 is 0 Å². The number of aryl methyl sites for hydroxylation is 3. The molecule has 0 fully saturated rings. The molecular weight excluding hydrogens is 302 g/mol. The van der Waals surface area contributed by atoms with Gasteiger partial charge >= 0.3 is 0 Å². The summed E-state index contributed by atoms with van der Waals surface area (Å²) in [4.78, 5) is 0. The molecule has 0 aliphatic carbocycles. The van der Waals surface area contributed by atoms with Crippen molar-refractivity contribution >= 4 is 0 Å². The molecule has 2 aromatic carbocycles. The van der Waals surface area contributed by atoms with Crippen LogP contribution in [0.3, 0.4) is 0 Å². The maximum absolute atomic E-state index is 8.47. The van der Waals surface area contributed by atoms with Crippen LogP contribution in [-0.2, 0) is 13.4 Å². The minimum Gasteiger partial charge on any atom is -0.201 e. The molecule has 1 heteroatoms. The topological polar surface area (TPSA) is 3.88 Å². The Balaban J connectivity index is 2.20. The third-order valence-corrected chi connectivity index (χ3v) is 4.36. The number of nitrogens with zero attached hydrogens (tertiary/aromatic N) is 1. The van der Waals surface area contributed by atoms with E-state index in [1.54, 1.807) is 12.1 Å². The van der Waals surface area contributed by atoms with E-state index in [1.165, 1.54) is 0 Å². The molecule has 0 N–H and O–H groups in total. The standard InChI is InChI=1S/C24H28N/c1-17(2)14-20-12-13-25(5)24(15-20)23-16-21(11-10-19(23)4)22-9-7-6-8-18(22)3/h6-13,15-17H,14H2,1-5H3/q+1/i3D3,14D2. The van der Waals surface area contributed by atoms with E-state index in [1.807, 2.05) is 81.0 Å². The molecule has 0 atom stereocenters. The van der Waals surface area contributed by atoms with E-state index in [0.717, 1.165) is 22.4 Å². The van der Waals surface area contributed by atoms with Crippen LogP contribution in [0.4, 0.5) is 0 Å². The normalized spacial score (nSPS) is 15.2. The molecule has 0 aliphatic rings. The fourth-order valence-corrected chi connectivity index (χ4v) is 3.06. The Morgan fingerprint density at radius 2 is 1.80 bits per heavy atom. The maximum atomic E-state index is 8.47. The van der Waals surface area contributed by atoms with Crippen molar-refractivity contribution in [3.8, 4) is 22.4 Å². The molecular formula is C24H28N+. The number of aromatic nitrogens is 1. The highest BCUT2D eigenvalue weighted by atomic mass is 14.9. The van der Waals surface area contributed by atoms with Crippen molar-refractivity contribution in [3.05, 3.63) is 77.5 Å². The van der Waals surface area contributed by atoms with Crippen molar-refractivity contribution in [2.75, 3.05) is 0 Å². The van der Waals surface area contributed by atoms with Crippen molar-refractivity contribution in [2.24, 2.45) is 13.0 Å². The van der Waals surface area contributed by atoms with Gasteiger partial charge in [0.15, 0.2) is 6.20 Å². The van der Waals surface area contributed by atoms with Gasteiger partial charge in [-0.15, -0.1) is 0 Å². The van der Waals surface area contributed by atoms with Gasteiger partial charge in [-0.05, 0) is 60.0 Å². The van der Waals surface area contributed by atoms with E-state index in [4.69, 9.17) is 6.85 Å². The van der Waals surface area contributed by atoms with Crippen molar-refractivity contribution < 1.29 is 11.4 Å². The molecule has 0 unspecified atom stereocenters. The number of hydrogen-bond acceptors (Lipinski definition) is 0. The first-order valence-corrected chi connectivity index (χ1v) is 8.64. The average Bonchev–Trinajstić information content (AvgIpc) is 2.68. The molecule has 0 bridgehead atoms. The summed E-state index contributed by atoms with van der Waals surface area (Å²) in [5.41, 5.74) is 5.38. The van der Waals surface area contributed by atoms with Crippen LogP contribution in [0.25, 0.3) is 22.4 Å². The SMILES string of the molecule is [2H]C([2H])([2H])c1ccccc1-c1ccc(C)c(-c2cc(C([2H])([2H])C(C)C)cc[n+]2C)c1. The summed E-state index contributed by atoms with van der Waals surface area (Å²) in [6.07, 6.45) is 0.440. The Hall–Kier alpha value is -2.41. The summed E-state index contributed by atoms with van der Waals surface area (Å²) in [6, 6.07) is 16.8. The minimum absolute atomic E-state index is 0.156. The number of benzene rings is 2. The smallest absolute Gasteiger partial charge is 0.201 e. The molecule has 3 aromatic rings. The molecule has 0 saturated heterocycles. The van der Waals surface area contributed by atoms with Crippen molar-refractivity contribution in [1.82, 2.24) is 0 Å². The monoisotopic (exact) mass is 335 g/mol. The summed E-state index contributed by atoms with van der Waals surface area (Å²) in [7, 11) is 1.94. The lowest BCUT2D eigenvalue weighted by Crippen LogP contribution is -2.30. The Morgan fingerprint density at radius 1 is 1.00 bits per heavy atom. The van der Waals surface area contributed by atoms with Crippen LogP contribution in [0.5, 0.6) is 0 Å². The third kappa shape index (κ3) is 3.82. The van der Waals surface area contributed by atoms with Crippen molar-refractivity contribution in [3.63, 3.8) is 0 Å². The molecule has 0 saturated carbocycles. The zero-order chi connectivity index (χ0) is 22.3. The Bertz CT molecular complexity index is 1070. The summed E-state index contributed by atoms with van der Waals surface area (Å²) in [6.45, 7) is 3.58. The second-order valence-corrected chi connectivity index (χ2v) is 6.79. The lowest BCUT2D eigenvalue weighted by atomic mass is 9.94. The van der Waals surface area contributed by atoms with Gasteiger partial charge in [-0.3, -0.25) is 0 Å². The lowest BCUT2D eigenvalue weighted by Gasteiger charge is -2.11. The van der Waals surface area contributed by atoms with Gasteiger partial charge < -0.3 is 0 Å². The molecule has 0 aliphatic heterocycles. The van der Waals surface area contributed by atoms with Crippen LogP contribution < -0.4 is 4.57 Å². The zero-order valence-corrected chi connectivity index (χ0v) is 15.3. The average molecular weight is 336 g/mol. The molecule has 0 spiro atoms. The fourth-order valence-electron chi connectivity index (χ4n) is 3.06. The quantitative estimate of drug-likeness (QED) is 0.542. The summed E-state index contributed by atoms with van der Waals surface area (Å²) >= 11 is 0. The largest absolute Gasteiger partial charge is 0.212 e. The molecule has 25 heavy (non-hydrogen) atoms. The summed E-state index contributed by atoms with van der Waals surface area (Å²) in [5.74, 6) is -0.156. The number of pyridine rings is 1. The number of hydrogen-bond donors (Lipinski definition) is 0. The van der Waals surface area contributed by atoms with E-state index in [9.17, 15) is 0 Å². The summed E-state index contributed by atoms with van der Waals surface area (Å²) in [5, 5.41) is 0. The van der Waals surface area contributed by atoms with Gasteiger partial charge in [-0.1, -0.05) is 50.2 Å². The molecule has 1 nitrogen and oxygen atoms in total. The first kappa shape index (κ1) is 12.0. The van der Waals surface area contributed by atoms with Crippen molar-refractivity contribution in [2.45, 2.75) is 34.0 Å². The van der Waals surface area contributed by atoms with E-state index in [-0.39, 0.29) is 5.92 Å². The minimum atomic E-state index is -2.19. The highest BCUT2D eigenvalue weighted by Gasteiger charge is 2.15. The van der Waals surface area contributed by atoms with Gasteiger partial charge in [0.25, 0.3) is 0 Å². The first-order chi connectivity index (χ1) is 13.9. The second kappa shape index (κ2) is 7.23. The molecule has 1 heterocycles. The predicted octanol–water partition coefficient (Wildman–Crippen LogP) is 5.66. The molecule has 0 amide bonds. The van der Waals surface area contributed by atoms with E-state index in [2.05, 4.69) is 0 Å². The van der Waals surface area contributed by atoms with Crippen LogP contribution in [0.1, 0.15) is 37.4 Å². The highest BCUT2D eigenvalue weighted by Crippen LogP contribution is 2.30. The Labute approximate surface area is 159 Å². The van der Waals surface area contributed by atoms with E-state index < -0.39 is 13.2 Å². The second-order valence-electron chi connectivity index (χ2n) is 6.79. The van der Waals surface area contributed by atoms with Crippen LogP contribution in [0, 0.1) is 19.7 Å². The zero-order valence-electron chi connectivity index (χ0n) is 20.3. The van der Waals surface area contributed by atoms with Gasteiger partial charge in [0.1, 0.15) is 7.05 Å². The highest BCUT2D eigenvalue weighted by molar-refractivity contribution is 5.74. The van der Waals surface area contributed by atoms with Crippen LogP contribution in [-0.4, -0.2) is 0 Å². The van der Waals surface area contributed by atoms with Crippen LogP contribution in [0.15, 0.2) is 60.8 Å². The van der Waals surface area contributed by atoms with Gasteiger partial charge in [0.05, 0.1) is 0 Å². The van der Waals surface area contributed by atoms with E-state index in [0.29, 0.717) is 16.7 Å². The first-order valence-electron chi connectivity index (χ1n) is 11.1. The van der Waals surface area contributed by atoms with Crippen LogP contribution in [0.2, 0.25) is 0 Å². The van der Waals surface area contributed by atoms with Gasteiger partial charge in [0.2, 0.25) is 5.69 Å². The Kier molecular flexibility index (Phi) is 3.48. The van der Waals surface area contributed by atoms with Crippen molar-refractivity contribution in [1.29, 1.82) is 0 Å². The van der Waals surface area contributed by atoms with Gasteiger partial charge in [-0.25, -0.2) is 4.57 Å². The lowest BCUT2D eigenvalue weighted by molar-refractivity contribution is -0.660. The molecule has 1 aromatic heterocycles. The molecule has 3 rings (SSSR count). The predicted molar refractivity (Wildman–Crippen MR) is 107 cm³/mol. The Morgan fingerprint density at radius 3 is 2.56 bits per heavy atom. The maximum Gasteiger partial charge on any atom is 0.212 e. The number of rotatable bonds is 4. The third-order valence-electron chi connectivity index (χ3n) is 4.36. The molecule has 0 radical (unpaired) electrons. The van der Waals surface area contributed by atoms with Gasteiger partial charge in [0, 0.05) is 24.5 Å². The fraction of sp³-hybridized carbons (Fsp3) is 0.292. The molecule has 128 valence electrons. The summed E-state index contributed by atoms with van der Waals surface area (Å²) < 4.78 is 42.6. The van der Waals surface area contributed by atoms with Gasteiger partial charge in [-0.2, -0.15) is 0 Å². The van der Waals surface area contributed by atoms with Crippen LogP contribution >= 0.6 is 0 Å².